The molecule has 1 fully saturated rings. The molecule has 0 bridgehead atoms. The van der Waals surface area contributed by atoms with Gasteiger partial charge in [-0.25, -0.2) is 4.79 Å². The Bertz CT molecular complexity index is 784. The largest absolute Gasteiger partial charge is 0.463 e. The number of hydrogen-bond acceptors (Lipinski definition) is 7. The van der Waals surface area contributed by atoms with Crippen LogP contribution >= 0.6 is 15.9 Å². The van der Waals surface area contributed by atoms with Crippen molar-refractivity contribution in [1.82, 2.24) is 9.13 Å². The van der Waals surface area contributed by atoms with Crippen molar-refractivity contribution in [3.05, 3.63) is 32.6 Å². The van der Waals surface area contributed by atoms with Crippen LogP contribution in [-0.2, 0) is 14.3 Å². The maximum Gasteiger partial charge on any atom is 0.340 e. The molecule has 0 aliphatic carbocycles. The number of rotatable bonds is 3. The average Bonchev–Trinajstić information content (AvgIpc) is 2.76. The molecule has 1 aliphatic heterocycles. The number of aliphatic hydroxyl groups is 1. The van der Waals surface area contributed by atoms with Crippen molar-refractivity contribution in [3.8, 4) is 0 Å². The number of aromatic nitrogens is 2. The van der Waals surface area contributed by atoms with E-state index in [0.717, 1.165) is 11.5 Å². The third-order valence-corrected chi connectivity index (χ3v) is 4.61. The highest BCUT2D eigenvalue weighted by molar-refractivity contribution is 9.09. The predicted octanol–water partition coefficient (Wildman–Crippen LogP) is -0.437. The molecule has 1 saturated heterocycles. The van der Waals surface area contributed by atoms with Crippen LogP contribution in [0.15, 0.2) is 15.8 Å². The van der Waals surface area contributed by atoms with E-state index < -0.39 is 46.4 Å². The van der Waals surface area contributed by atoms with E-state index in [2.05, 4.69) is 15.9 Å². The minimum Gasteiger partial charge on any atom is -0.463 e. The summed E-state index contributed by atoms with van der Waals surface area (Å²) in [5.74, 6) is -1.25. The van der Waals surface area contributed by atoms with Gasteiger partial charge >= 0.3 is 11.7 Å². The normalized spacial score (nSPS) is 26.4. The van der Waals surface area contributed by atoms with Gasteiger partial charge in [-0.05, 0) is 6.92 Å². The summed E-state index contributed by atoms with van der Waals surface area (Å²) in [5, 5.41) is 10.2. The van der Waals surface area contributed by atoms with Crippen LogP contribution < -0.4 is 11.2 Å². The van der Waals surface area contributed by atoms with Crippen LogP contribution in [0.2, 0.25) is 0 Å². The zero-order valence-corrected chi connectivity index (χ0v) is 14.8. The Morgan fingerprint density at radius 3 is 2.54 bits per heavy atom. The van der Waals surface area contributed by atoms with Gasteiger partial charge in [0.15, 0.2) is 6.23 Å². The second-order valence-electron chi connectivity index (χ2n) is 5.46. The van der Waals surface area contributed by atoms with E-state index in [-0.39, 0.29) is 12.2 Å². The average molecular weight is 405 g/mol. The summed E-state index contributed by atoms with van der Waals surface area (Å²) in [6.45, 7) is 3.60. The van der Waals surface area contributed by atoms with Crippen molar-refractivity contribution < 1.29 is 24.2 Å². The number of aryl methyl sites for hydroxylation is 1. The fourth-order valence-corrected chi connectivity index (χ4v) is 3.14. The van der Waals surface area contributed by atoms with Gasteiger partial charge in [0.05, 0.1) is 4.83 Å². The Hall–Kier alpha value is -1.78. The Morgan fingerprint density at radius 2 is 2.00 bits per heavy atom. The molecular formula is C14H17BrN2O7. The predicted molar refractivity (Wildman–Crippen MR) is 85.3 cm³/mol. The van der Waals surface area contributed by atoms with Crippen molar-refractivity contribution in [3.63, 3.8) is 0 Å². The molecule has 1 aliphatic rings. The van der Waals surface area contributed by atoms with Gasteiger partial charge in [0.1, 0.15) is 18.8 Å². The number of esters is 1. The van der Waals surface area contributed by atoms with Crippen molar-refractivity contribution in [2.75, 3.05) is 6.61 Å². The molecule has 1 aromatic rings. The van der Waals surface area contributed by atoms with E-state index in [0.29, 0.717) is 4.57 Å². The number of hydrogen-bond donors (Lipinski definition) is 1. The van der Waals surface area contributed by atoms with Crippen molar-refractivity contribution in [1.29, 1.82) is 0 Å². The molecule has 0 spiro atoms. The van der Waals surface area contributed by atoms with Gasteiger partial charge < -0.3 is 14.6 Å². The monoisotopic (exact) mass is 404 g/mol. The molecule has 0 radical (unpaired) electrons. The minimum absolute atomic E-state index is 0.172. The summed E-state index contributed by atoms with van der Waals surface area (Å²) in [7, 11) is 0. The lowest BCUT2D eigenvalue weighted by Gasteiger charge is -2.19. The maximum atomic E-state index is 12.4. The summed E-state index contributed by atoms with van der Waals surface area (Å²) in [5.41, 5.74) is -1.40. The molecule has 0 amide bonds. The molecule has 10 heteroatoms. The molecule has 1 aromatic heterocycles. The first kappa shape index (κ1) is 18.6. The number of carbonyl (C=O) groups is 2. The molecular weight excluding hydrogens is 388 g/mol. The highest BCUT2D eigenvalue weighted by Gasteiger charge is 2.44. The highest BCUT2D eigenvalue weighted by atomic mass is 79.9. The first-order valence-corrected chi connectivity index (χ1v) is 8.03. The highest BCUT2D eigenvalue weighted by Crippen LogP contribution is 2.34. The van der Waals surface area contributed by atoms with E-state index in [1.807, 2.05) is 0 Å². The molecule has 132 valence electrons. The van der Waals surface area contributed by atoms with Gasteiger partial charge in [-0.3, -0.25) is 19.0 Å². The van der Waals surface area contributed by atoms with Gasteiger partial charge in [0, 0.05) is 25.6 Å². The molecule has 2 unspecified atom stereocenters. The molecule has 0 saturated carbocycles. The van der Waals surface area contributed by atoms with Crippen LogP contribution in [0.25, 0.3) is 0 Å². The number of alkyl halides is 1. The number of carbonyl (C=O) groups excluding carboxylic acids is 2. The summed E-state index contributed by atoms with van der Waals surface area (Å²) in [6, 6.07) is 0. The van der Waals surface area contributed by atoms with Crippen molar-refractivity contribution in [2.24, 2.45) is 0 Å². The Morgan fingerprint density at radius 1 is 1.38 bits per heavy atom. The lowest BCUT2D eigenvalue weighted by molar-refractivity contribution is -0.147. The summed E-state index contributed by atoms with van der Waals surface area (Å²) in [4.78, 5) is 46.2. The van der Waals surface area contributed by atoms with Gasteiger partial charge in [0.2, 0.25) is 5.91 Å². The Balaban J connectivity index is 2.42. The van der Waals surface area contributed by atoms with E-state index in [1.165, 1.54) is 20.0 Å². The van der Waals surface area contributed by atoms with Crippen LogP contribution in [0.1, 0.15) is 30.4 Å². The van der Waals surface area contributed by atoms with Crippen molar-refractivity contribution in [2.45, 2.75) is 44.0 Å². The fraction of sp³-hybridized carbons (Fsp3) is 0.571. The zero-order valence-electron chi connectivity index (χ0n) is 13.3. The van der Waals surface area contributed by atoms with Crippen LogP contribution in [-0.4, -0.2) is 49.8 Å². The van der Waals surface area contributed by atoms with E-state index in [1.54, 1.807) is 0 Å². The van der Waals surface area contributed by atoms with Crippen molar-refractivity contribution >= 4 is 27.8 Å². The van der Waals surface area contributed by atoms with E-state index >= 15 is 0 Å². The smallest absolute Gasteiger partial charge is 0.340 e. The molecule has 24 heavy (non-hydrogen) atoms. The zero-order chi connectivity index (χ0) is 18.2. The second kappa shape index (κ2) is 6.99. The second-order valence-corrected chi connectivity index (χ2v) is 6.52. The summed E-state index contributed by atoms with van der Waals surface area (Å²) >= 11 is 3.25. The third-order valence-electron chi connectivity index (χ3n) is 3.62. The summed E-state index contributed by atoms with van der Waals surface area (Å²) in [6.07, 6.45) is -1.62. The standard InChI is InChI=1S/C14H17BrN2O7/c1-6-4-16(14(22)17(7(2)18)12(6)21)13-10(15)11(20)9(24-13)5-23-8(3)19/h4,9-11,13,20H,5H2,1-3H3/t9-,10?,11?,13-/m0/s1. The quantitative estimate of drug-likeness (QED) is 0.536. The Kier molecular flexibility index (Phi) is 5.41. The number of nitrogens with zero attached hydrogens (tertiary/aromatic N) is 2. The number of ether oxygens (including phenoxy) is 2. The first-order chi connectivity index (χ1) is 11.1. The Labute approximate surface area is 144 Å². The topological polar surface area (TPSA) is 117 Å². The minimum atomic E-state index is -1.06. The van der Waals surface area contributed by atoms with Gasteiger partial charge in [0.25, 0.3) is 5.56 Å². The van der Waals surface area contributed by atoms with Crippen LogP contribution in [0.3, 0.4) is 0 Å². The fourth-order valence-electron chi connectivity index (χ4n) is 2.42. The van der Waals surface area contributed by atoms with Crippen LogP contribution in [0.5, 0.6) is 0 Å². The van der Waals surface area contributed by atoms with Gasteiger partial charge in [-0.15, -0.1) is 0 Å². The number of halogens is 1. The molecule has 1 N–H and O–H groups in total. The molecule has 9 nitrogen and oxygen atoms in total. The lowest BCUT2D eigenvalue weighted by atomic mass is 10.2. The molecule has 4 atom stereocenters. The maximum absolute atomic E-state index is 12.4. The third kappa shape index (κ3) is 3.35. The molecule has 0 aromatic carbocycles. The van der Waals surface area contributed by atoms with Gasteiger partial charge in [-0.1, -0.05) is 15.9 Å². The molecule has 2 heterocycles. The first-order valence-electron chi connectivity index (χ1n) is 7.11. The van der Waals surface area contributed by atoms with E-state index in [4.69, 9.17) is 9.47 Å². The van der Waals surface area contributed by atoms with Gasteiger partial charge in [-0.2, -0.15) is 4.57 Å². The lowest BCUT2D eigenvalue weighted by Crippen LogP contribution is -2.45. The SMILES string of the molecule is CC(=O)OC[C@@H]1O[C@H](n2cc(C)c(=O)n(C(C)=O)c2=O)C(Br)C1O. The van der Waals surface area contributed by atoms with E-state index in [9.17, 15) is 24.3 Å². The van der Waals surface area contributed by atoms with Crippen LogP contribution in [0.4, 0.5) is 0 Å². The summed E-state index contributed by atoms with van der Waals surface area (Å²) < 4.78 is 12.0. The van der Waals surface area contributed by atoms with Crippen LogP contribution in [0, 0.1) is 6.92 Å². The molecule has 2 rings (SSSR count). The number of aliphatic hydroxyl groups excluding tert-OH is 1.